The molecule has 0 radical (unpaired) electrons. The Hall–Kier alpha value is -1.39. The number of nitrogens with one attached hydrogen (secondary N) is 2. The number of imide groups is 1. The van der Waals surface area contributed by atoms with E-state index in [1.807, 2.05) is 0 Å². The molecule has 5 heteroatoms. The molecule has 1 atom stereocenters. The summed E-state index contributed by atoms with van der Waals surface area (Å²) < 4.78 is 0. The summed E-state index contributed by atoms with van der Waals surface area (Å²) in [6, 6.07) is 6.07. The van der Waals surface area contributed by atoms with Crippen LogP contribution in [0.1, 0.15) is 29.5 Å². The van der Waals surface area contributed by atoms with Crippen LogP contribution in [0.4, 0.5) is 0 Å². The molecule has 1 unspecified atom stereocenters. The lowest BCUT2D eigenvalue weighted by molar-refractivity contribution is -0.134. The van der Waals surface area contributed by atoms with E-state index in [1.165, 1.54) is 11.1 Å². The maximum Gasteiger partial charge on any atom is 0.243 e. The number of rotatable bonds is 3. The summed E-state index contributed by atoms with van der Waals surface area (Å²) in [5.41, 5.74) is 3.60. The third-order valence-corrected chi connectivity index (χ3v) is 3.07. The molecule has 1 aliphatic heterocycles. The Labute approximate surface area is 119 Å². The van der Waals surface area contributed by atoms with Gasteiger partial charge in [-0.05, 0) is 25.8 Å². The lowest BCUT2D eigenvalue weighted by atomic mass is 10.0. The van der Waals surface area contributed by atoms with Gasteiger partial charge in [-0.3, -0.25) is 14.9 Å². The number of halogens is 1. The van der Waals surface area contributed by atoms with E-state index in [4.69, 9.17) is 0 Å². The molecule has 1 fully saturated rings. The lowest BCUT2D eigenvalue weighted by Gasteiger charge is -2.22. The highest BCUT2D eigenvalue weighted by Gasteiger charge is 2.25. The van der Waals surface area contributed by atoms with Crippen LogP contribution in [-0.2, 0) is 16.1 Å². The SMILES string of the molecule is Cc1cc(C)cc(CNC2CCC(=O)NC2=O)c1.Cl. The van der Waals surface area contributed by atoms with E-state index in [2.05, 4.69) is 42.7 Å². The molecular weight excluding hydrogens is 264 g/mol. The summed E-state index contributed by atoms with van der Waals surface area (Å²) >= 11 is 0. The number of amides is 2. The van der Waals surface area contributed by atoms with Gasteiger partial charge in [0.05, 0.1) is 6.04 Å². The summed E-state index contributed by atoms with van der Waals surface area (Å²) in [6.45, 7) is 4.76. The fourth-order valence-corrected chi connectivity index (χ4v) is 2.30. The van der Waals surface area contributed by atoms with Gasteiger partial charge in [-0.1, -0.05) is 29.3 Å². The molecular formula is C14H19ClN2O2. The van der Waals surface area contributed by atoms with Gasteiger partial charge < -0.3 is 5.32 Å². The van der Waals surface area contributed by atoms with E-state index in [0.29, 0.717) is 19.4 Å². The van der Waals surface area contributed by atoms with Crippen molar-refractivity contribution >= 4 is 24.2 Å². The zero-order valence-corrected chi connectivity index (χ0v) is 12.0. The van der Waals surface area contributed by atoms with Crippen molar-refractivity contribution in [2.75, 3.05) is 0 Å². The number of aryl methyl sites for hydroxylation is 2. The predicted molar refractivity (Wildman–Crippen MR) is 76.2 cm³/mol. The molecule has 1 aromatic carbocycles. The van der Waals surface area contributed by atoms with Crippen LogP contribution in [0.25, 0.3) is 0 Å². The molecule has 0 bridgehead atoms. The minimum atomic E-state index is -0.261. The third-order valence-electron chi connectivity index (χ3n) is 3.07. The molecule has 1 heterocycles. The first-order chi connectivity index (χ1) is 8.54. The van der Waals surface area contributed by atoms with Gasteiger partial charge in [0, 0.05) is 13.0 Å². The molecule has 2 amide bonds. The summed E-state index contributed by atoms with van der Waals surface area (Å²) in [7, 11) is 0. The molecule has 104 valence electrons. The van der Waals surface area contributed by atoms with Gasteiger partial charge in [-0.15, -0.1) is 12.4 Å². The number of hydrogen-bond acceptors (Lipinski definition) is 3. The molecule has 0 saturated carbocycles. The van der Waals surface area contributed by atoms with Gasteiger partial charge in [0.1, 0.15) is 0 Å². The Morgan fingerprint density at radius 1 is 1.21 bits per heavy atom. The zero-order valence-electron chi connectivity index (χ0n) is 11.2. The normalized spacial score (nSPS) is 18.7. The summed E-state index contributed by atoms with van der Waals surface area (Å²) in [5, 5.41) is 5.55. The Kier molecular flexibility index (Phi) is 5.51. The highest BCUT2D eigenvalue weighted by Crippen LogP contribution is 2.10. The van der Waals surface area contributed by atoms with Crippen molar-refractivity contribution in [1.29, 1.82) is 0 Å². The molecule has 1 saturated heterocycles. The van der Waals surface area contributed by atoms with Gasteiger partial charge in [-0.25, -0.2) is 0 Å². The van der Waals surface area contributed by atoms with E-state index in [9.17, 15) is 9.59 Å². The quantitative estimate of drug-likeness (QED) is 0.829. The van der Waals surface area contributed by atoms with E-state index >= 15 is 0 Å². The predicted octanol–water partition coefficient (Wildman–Crippen LogP) is 1.62. The van der Waals surface area contributed by atoms with Crippen molar-refractivity contribution in [3.63, 3.8) is 0 Å². The summed E-state index contributed by atoms with van der Waals surface area (Å²) in [6.07, 6.45) is 0.992. The Balaban J connectivity index is 0.00000180. The summed E-state index contributed by atoms with van der Waals surface area (Å²) in [5.74, 6) is -0.389. The van der Waals surface area contributed by atoms with E-state index < -0.39 is 0 Å². The van der Waals surface area contributed by atoms with Crippen LogP contribution in [0.15, 0.2) is 18.2 Å². The largest absolute Gasteiger partial charge is 0.302 e. The third kappa shape index (κ3) is 4.33. The van der Waals surface area contributed by atoms with Crippen LogP contribution in [0.2, 0.25) is 0 Å². The van der Waals surface area contributed by atoms with Crippen molar-refractivity contribution in [2.45, 2.75) is 39.3 Å². The van der Waals surface area contributed by atoms with Gasteiger partial charge in [0.25, 0.3) is 0 Å². The molecule has 2 rings (SSSR count). The smallest absolute Gasteiger partial charge is 0.243 e. The fourth-order valence-electron chi connectivity index (χ4n) is 2.30. The second-order valence-electron chi connectivity index (χ2n) is 4.88. The minimum absolute atomic E-state index is 0. The van der Waals surface area contributed by atoms with Crippen LogP contribution in [0.5, 0.6) is 0 Å². The number of piperidine rings is 1. The maximum absolute atomic E-state index is 11.6. The molecule has 1 aliphatic rings. The Morgan fingerprint density at radius 2 is 1.84 bits per heavy atom. The molecule has 1 aromatic rings. The van der Waals surface area contributed by atoms with Gasteiger partial charge in [0.2, 0.25) is 11.8 Å². The zero-order chi connectivity index (χ0) is 13.1. The summed E-state index contributed by atoms with van der Waals surface area (Å²) in [4.78, 5) is 22.6. The van der Waals surface area contributed by atoms with Gasteiger partial charge in [0.15, 0.2) is 0 Å². The van der Waals surface area contributed by atoms with Crippen molar-refractivity contribution in [3.8, 4) is 0 Å². The topological polar surface area (TPSA) is 58.2 Å². The second-order valence-corrected chi connectivity index (χ2v) is 4.88. The highest BCUT2D eigenvalue weighted by molar-refractivity contribution is 6.00. The molecule has 0 aliphatic carbocycles. The average molecular weight is 283 g/mol. The van der Waals surface area contributed by atoms with Crippen LogP contribution < -0.4 is 10.6 Å². The van der Waals surface area contributed by atoms with E-state index in [0.717, 1.165) is 5.56 Å². The standard InChI is InChI=1S/C14H18N2O2.ClH/c1-9-5-10(2)7-11(6-9)8-15-12-3-4-13(17)16-14(12)18;/h5-7,12,15H,3-4,8H2,1-2H3,(H,16,17,18);1H. The number of carbonyl (C=O) groups is 2. The molecule has 2 N–H and O–H groups in total. The van der Waals surface area contributed by atoms with Crippen molar-refractivity contribution < 1.29 is 9.59 Å². The lowest BCUT2D eigenvalue weighted by Crippen LogP contribution is -2.50. The first-order valence-corrected chi connectivity index (χ1v) is 6.19. The molecule has 4 nitrogen and oxygen atoms in total. The first kappa shape index (κ1) is 15.7. The van der Waals surface area contributed by atoms with E-state index in [-0.39, 0.29) is 30.3 Å². The van der Waals surface area contributed by atoms with Crippen LogP contribution in [-0.4, -0.2) is 17.9 Å². The first-order valence-electron chi connectivity index (χ1n) is 6.19. The maximum atomic E-state index is 11.6. The van der Waals surface area contributed by atoms with Crippen molar-refractivity contribution in [2.24, 2.45) is 0 Å². The highest BCUT2D eigenvalue weighted by atomic mass is 35.5. The fraction of sp³-hybridized carbons (Fsp3) is 0.429. The van der Waals surface area contributed by atoms with Gasteiger partial charge >= 0.3 is 0 Å². The van der Waals surface area contributed by atoms with Crippen molar-refractivity contribution in [1.82, 2.24) is 10.6 Å². The number of carbonyl (C=O) groups excluding carboxylic acids is 2. The minimum Gasteiger partial charge on any atom is -0.302 e. The molecule has 19 heavy (non-hydrogen) atoms. The van der Waals surface area contributed by atoms with Crippen LogP contribution >= 0.6 is 12.4 Å². The number of benzene rings is 1. The van der Waals surface area contributed by atoms with Crippen LogP contribution in [0.3, 0.4) is 0 Å². The average Bonchev–Trinajstić information content (AvgIpc) is 2.26. The Bertz CT molecular complexity index is 468. The van der Waals surface area contributed by atoms with Gasteiger partial charge in [-0.2, -0.15) is 0 Å². The molecule has 0 spiro atoms. The molecule has 0 aromatic heterocycles. The Morgan fingerprint density at radius 3 is 2.42 bits per heavy atom. The monoisotopic (exact) mass is 282 g/mol. The van der Waals surface area contributed by atoms with Crippen molar-refractivity contribution in [3.05, 3.63) is 34.9 Å². The number of hydrogen-bond donors (Lipinski definition) is 2. The van der Waals surface area contributed by atoms with Crippen LogP contribution in [0, 0.1) is 13.8 Å². The second kappa shape index (κ2) is 6.68. The van der Waals surface area contributed by atoms with E-state index in [1.54, 1.807) is 0 Å².